The van der Waals surface area contributed by atoms with Crippen molar-refractivity contribution in [1.29, 1.82) is 0 Å². The molecule has 0 aromatic heterocycles. The van der Waals surface area contributed by atoms with Gasteiger partial charge in [0.15, 0.2) is 0 Å². The van der Waals surface area contributed by atoms with Crippen molar-refractivity contribution >= 4 is 5.91 Å². The van der Waals surface area contributed by atoms with Gasteiger partial charge >= 0.3 is 0 Å². The van der Waals surface area contributed by atoms with Crippen molar-refractivity contribution < 1.29 is 14.3 Å². The van der Waals surface area contributed by atoms with E-state index in [0.29, 0.717) is 18.7 Å². The molecule has 3 aromatic carbocycles. The van der Waals surface area contributed by atoms with E-state index in [9.17, 15) is 4.79 Å². The quantitative estimate of drug-likeness (QED) is 0.566. The third-order valence-corrected chi connectivity index (χ3v) is 4.95. The molecule has 1 amide bonds. The normalized spacial score (nSPS) is 11.1. The highest BCUT2D eigenvalue weighted by molar-refractivity contribution is 5.94. The summed E-state index contributed by atoms with van der Waals surface area (Å²) in [4.78, 5) is 12.4. The zero-order valence-corrected chi connectivity index (χ0v) is 18.1. The number of methoxy groups -OCH3 is 1. The van der Waals surface area contributed by atoms with E-state index in [-0.39, 0.29) is 11.3 Å². The maximum absolute atomic E-state index is 12.4. The van der Waals surface area contributed by atoms with Crippen LogP contribution in [-0.4, -0.2) is 13.0 Å². The molecule has 3 aromatic rings. The Kier molecular flexibility index (Phi) is 6.78. The summed E-state index contributed by atoms with van der Waals surface area (Å²) in [6.45, 7) is 7.51. The van der Waals surface area contributed by atoms with E-state index in [2.05, 4.69) is 38.2 Å². The van der Waals surface area contributed by atoms with E-state index in [4.69, 9.17) is 9.47 Å². The summed E-state index contributed by atoms with van der Waals surface area (Å²) in [5, 5.41) is 2.94. The summed E-state index contributed by atoms with van der Waals surface area (Å²) >= 11 is 0. The predicted molar refractivity (Wildman–Crippen MR) is 120 cm³/mol. The molecular weight excluding hydrogens is 374 g/mol. The largest absolute Gasteiger partial charge is 0.497 e. The number of rotatable bonds is 7. The fourth-order valence-corrected chi connectivity index (χ4v) is 3.00. The van der Waals surface area contributed by atoms with Crippen LogP contribution in [0.2, 0.25) is 0 Å². The van der Waals surface area contributed by atoms with Crippen LogP contribution < -0.4 is 14.8 Å². The second kappa shape index (κ2) is 9.49. The molecule has 4 heteroatoms. The van der Waals surface area contributed by atoms with E-state index >= 15 is 0 Å². The first-order chi connectivity index (χ1) is 14.3. The molecule has 0 saturated heterocycles. The fourth-order valence-electron chi connectivity index (χ4n) is 3.00. The van der Waals surface area contributed by atoms with Crippen LogP contribution in [0.4, 0.5) is 0 Å². The summed E-state index contributed by atoms with van der Waals surface area (Å²) in [6.07, 6.45) is 0. The molecule has 156 valence electrons. The van der Waals surface area contributed by atoms with E-state index in [1.54, 1.807) is 7.11 Å². The minimum atomic E-state index is -0.101. The lowest BCUT2D eigenvalue weighted by atomic mass is 9.87. The smallest absolute Gasteiger partial charge is 0.251 e. The van der Waals surface area contributed by atoms with Crippen LogP contribution in [0.15, 0.2) is 72.8 Å². The molecule has 1 N–H and O–H groups in total. The molecule has 4 nitrogen and oxygen atoms in total. The van der Waals surface area contributed by atoms with Crippen molar-refractivity contribution in [1.82, 2.24) is 5.32 Å². The second-order valence-electron chi connectivity index (χ2n) is 8.29. The monoisotopic (exact) mass is 403 g/mol. The van der Waals surface area contributed by atoms with Gasteiger partial charge in [-0.25, -0.2) is 0 Å². The molecule has 0 aliphatic heterocycles. The summed E-state index contributed by atoms with van der Waals surface area (Å²) in [5.74, 6) is 1.54. The summed E-state index contributed by atoms with van der Waals surface area (Å²) < 4.78 is 11.0. The maximum atomic E-state index is 12.4. The van der Waals surface area contributed by atoms with E-state index in [0.717, 1.165) is 22.6 Å². The predicted octanol–water partition coefficient (Wildman–Crippen LogP) is 5.50. The summed E-state index contributed by atoms with van der Waals surface area (Å²) in [6, 6.07) is 23.3. The molecule has 0 unspecified atom stereocenters. The minimum absolute atomic E-state index is 0.101. The molecule has 0 aliphatic rings. The van der Waals surface area contributed by atoms with Gasteiger partial charge in [0.1, 0.15) is 18.1 Å². The maximum Gasteiger partial charge on any atom is 0.251 e. The number of benzene rings is 3. The van der Waals surface area contributed by atoms with Gasteiger partial charge < -0.3 is 14.8 Å². The molecule has 0 radical (unpaired) electrons. The van der Waals surface area contributed by atoms with Gasteiger partial charge in [-0.2, -0.15) is 0 Å². The Morgan fingerprint density at radius 2 is 1.37 bits per heavy atom. The van der Waals surface area contributed by atoms with E-state index in [1.807, 2.05) is 60.7 Å². The van der Waals surface area contributed by atoms with Gasteiger partial charge in [-0.3, -0.25) is 4.79 Å². The molecule has 0 atom stereocenters. The van der Waals surface area contributed by atoms with E-state index in [1.165, 1.54) is 5.56 Å². The molecule has 0 saturated carbocycles. The van der Waals surface area contributed by atoms with Gasteiger partial charge in [-0.15, -0.1) is 0 Å². The Morgan fingerprint density at radius 3 is 1.93 bits per heavy atom. The number of ether oxygens (including phenoxy) is 2. The highest BCUT2D eigenvalue weighted by Gasteiger charge is 2.13. The standard InChI is InChI=1S/C26H29NO3/c1-26(2,3)22-11-15-24(16-12-22)30-18-20-5-9-21(10-6-20)25(28)27-17-19-7-13-23(29-4)14-8-19/h5-16H,17-18H2,1-4H3,(H,27,28). The molecule has 0 fully saturated rings. The van der Waals surface area contributed by atoms with Crippen LogP contribution >= 0.6 is 0 Å². The Balaban J connectivity index is 1.50. The van der Waals surface area contributed by atoms with Gasteiger partial charge in [0.05, 0.1) is 7.11 Å². The van der Waals surface area contributed by atoms with Gasteiger partial charge in [-0.1, -0.05) is 57.2 Å². The Labute approximate surface area is 178 Å². The van der Waals surface area contributed by atoms with Crippen molar-refractivity contribution in [2.45, 2.75) is 39.3 Å². The Bertz CT molecular complexity index is 953. The molecule has 3 rings (SSSR count). The lowest BCUT2D eigenvalue weighted by Gasteiger charge is -2.19. The summed E-state index contributed by atoms with van der Waals surface area (Å²) in [7, 11) is 1.63. The van der Waals surface area contributed by atoms with Crippen molar-refractivity contribution in [3.8, 4) is 11.5 Å². The first-order valence-electron chi connectivity index (χ1n) is 10.1. The van der Waals surface area contributed by atoms with Crippen molar-refractivity contribution in [3.05, 3.63) is 95.1 Å². The highest BCUT2D eigenvalue weighted by atomic mass is 16.5. The number of amides is 1. The topological polar surface area (TPSA) is 47.6 Å². The molecule has 30 heavy (non-hydrogen) atoms. The van der Waals surface area contributed by atoms with E-state index < -0.39 is 0 Å². The van der Waals surface area contributed by atoms with Crippen molar-refractivity contribution in [2.24, 2.45) is 0 Å². The first kappa shape index (κ1) is 21.4. The van der Waals surface area contributed by atoms with Gasteiger partial charge in [0.25, 0.3) is 5.91 Å². The zero-order chi connectivity index (χ0) is 21.6. The van der Waals surface area contributed by atoms with Crippen LogP contribution in [0.25, 0.3) is 0 Å². The Hall–Kier alpha value is -3.27. The number of carbonyl (C=O) groups excluding carboxylic acids is 1. The molecule has 0 aliphatic carbocycles. The van der Waals surface area contributed by atoms with Crippen LogP contribution in [0.5, 0.6) is 11.5 Å². The number of hydrogen-bond acceptors (Lipinski definition) is 3. The van der Waals surface area contributed by atoms with Crippen LogP contribution in [-0.2, 0) is 18.6 Å². The summed E-state index contributed by atoms with van der Waals surface area (Å²) in [5.41, 5.74) is 4.07. The fraction of sp³-hybridized carbons (Fsp3) is 0.269. The molecule has 0 bridgehead atoms. The lowest BCUT2D eigenvalue weighted by Crippen LogP contribution is -2.22. The second-order valence-corrected chi connectivity index (χ2v) is 8.29. The molecular formula is C26H29NO3. The van der Waals surface area contributed by atoms with Crippen LogP contribution in [0.3, 0.4) is 0 Å². The third kappa shape index (κ3) is 5.86. The van der Waals surface area contributed by atoms with Crippen LogP contribution in [0, 0.1) is 0 Å². The number of hydrogen-bond donors (Lipinski definition) is 1. The van der Waals surface area contributed by atoms with Gasteiger partial charge in [-0.05, 0) is 58.5 Å². The zero-order valence-electron chi connectivity index (χ0n) is 18.1. The van der Waals surface area contributed by atoms with Crippen LogP contribution in [0.1, 0.15) is 47.8 Å². The first-order valence-corrected chi connectivity index (χ1v) is 10.1. The minimum Gasteiger partial charge on any atom is -0.497 e. The molecule has 0 spiro atoms. The number of nitrogens with one attached hydrogen (secondary N) is 1. The third-order valence-electron chi connectivity index (χ3n) is 4.95. The highest BCUT2D eigenvalue weighted by Crippen LogP contribution is 2.24. The average Bonchev–Trinajstić information content (AvgIpc) is 2.76. The van der Waals surface area contributed by atoms with Gasteiger partial charge in [0, 0.05) is 12.1 Å². The SMILES string of the molecule is COc1ccc(CNC(=O)c2ccc(COc3ccc(C(C)(C)C)cc3)cc2)cc1. The van der Waals surface area contributed by atoms with Crippen molar-refractivity contribution in [3.63, 3.8) is 0 Å². The molecule has 0 heterocycles. The Morgan fingerprint density at radius 1 is 0.800 bits per heavy atom. The average molecular weight is 404 g/mol. The lowest BCUT2D eigenvalue weighted by molar-refractivity contribution is 0.0951. The van der Waals surface area contributed by atoms with Gasteiger partial charge in [0.2, 0.25) is 0 Å². The number of carbonyl (C=O) groups is 1. The van der Waals surface area contributed by atoms with Crippen molar-refractivity contribution in [2.75, 3.05) is 7.11 Å².